The summed E-state index contributed by atoms with van der Waals surface area (Å²) in [5, 5.41) is 11.5. The molecule has 0 aliphatic heterocycles. The average molecular weight is 534 g/mol. The molecule has 0 fully saturated rings. The van der Waals surface area contributed by atoms with E-state index in [0.717, 1.165) is 0 Å². The van der Waals surface area contributed by atoms with Gasteiger partial charge in [0.25, 0.3) is 5.91 Å². The van der Waals surface area contributed by atoms with E-state index in [1.54, 1.807) is 55.5 Å². The fraction of sp³-hybridized carbons (Fsp3) is 0.185. The minimum atomic E-state index is -1.20. The van der Waals surface area contributed by atoms with Crippen LogP contribution in [0.15, 0.2) is 81.8 Å². The van der Waals surface area contributed by atoms with E-state index in [1.807, 2.05) is 18.2 Å². The smallest absolute Gasteiger partial charge is 0.251 e. The molecule has 1 N–H and O–H groups in total. The molecule has 0 bridgehead atoms. The molecule has 0 aliphatic carbocycles. The van der Waals surface area contributed by atoms with Crippen molar-refractivity contribution in [3.05, 3.63) is 95.3 Å². The molecule has 5 rings (SSSR count). The summed E-state index contributed by atoms with van der Waals surface area (Å²) in [7, 11) is 1.48. The molecular weight excluding hydrogens is 510 g/mol. The predicted octanol–water partition coefficient (Wildman–Crippen LogP) is 4.68. The van der Waals surface area contributed by atoms with Crippen molar-refractivity contribution < 1.29 is 23.2 Å². The van der Waals surface area contributed by atoms with Crippen molar-refractivity contribution in [1.29, 1.82) is 0 Å². The molecule has 0 unspecified atom stereocenters. The van der Waals surface area contributed by atoms with E-state index in [4.69, 9.17) is 25.2 Å². The molecule has 0 radical (unpaired) electrons. The fourth-order valence-corrected chi connectivity index (χ4v) is 4.33. The molecule has 3 heterocycles. The third kappa shape index (κ3) is 5.12. The fourth-order valence-electron chi connectivity index (χ4n) is 4.17. The highest BCUT2D eigenvalue weighted by atomic mass is 35.5. The van der Waals surface area contributed by atoms with Gasteiger partial charge in [-0.25, -0.2) is 4.68 Å². The summed E-state index contributed by atoms with van der Waals surface area (Å²) < 4.78 is 18.3. The van der Waals surface area contributed by atoms with Crippen LogP contribution in [-0.4, -0.2) is 33.9 Å². The molecule has 3 aromatic heterocycles. The molecule has 10 nitrogen and oxygen atoms in total. The highest BCUT2D eigenvalue weighted by Gasteiger charge is 2.37. The quantitative estimate of drug-likeness (QED) is 0.292. The maximum Gasteiger partial charge on any atom is 0.251 e. The van der Waals surface area contributed by atoms with Gasteiger partial charge in [0.2, 0.25) is 5.91 Å². The Labute approximate surface area is 222 Å². The highest BCUT2D eigenvalue weighted by molar-refractivity contribution is 6.31. The maximum absolute atomic E-state index is 14.1. The van der Waals surface area contributed by atoms with Gasteiger partial charge in [-0.15, -0.1) is 5.10 Å². The van der Waals surface area contributed by atoms with Crippen LogP contribution >= 0.6 is 11.6 Å². The number of aryl methyl sites for hydroxylation is 1. The predicted molar refractivity (Wildman–Crippen MR) is 140 cm³/mol. The summed E-state index contributed by atoms with van der Waals surface area (Å²) in [4.78, 5) is 29.2. The van der Waals surface area contributed by atoms with Gasteiger partial charge in [-0.2, -0.15) is 0 Å². The van der Waals surface area contributed by atoms with Gasteiger partial charge < -0.3 is 18.9 Å². The van der Waals surface area contributed by atoms with Crippen LogP contribution in [0.2, 0.25) is 5.02 Å². The van der Waals surface area contributed by atoms with Gasteiger partial charge >= 0.3 is 0 Å². The van der Waals surface area contributed by atoms with Gasteiger partial charge in [0.05, 0.1) is 31.1 Å². The van der Waals surface area contributed by atoms with Gasteiger partial charge in [-0.3, -0.25) is 14.5 Å². The largest absolute Gasteiger partial charge is 0.495 e. The molecular formula is C27H24ClN5O5. The summed E-state index contributed by atoms with van der Waals surface area (Å²) in [5.41, 5.74) is 1.61. The van der Waals surface area contributed by atoms with E-state index in [1.165, 1.54) is 23.0 Å². The first-order chi connectivity index (χ1) is 18.4. The lowest BCUT2D eigenvalue weighted by Gasteiger charge is -2.31. The van der Waals surface area contributed by atoms with Crippen LogP contribution in [0, 0.1) is 6.92 Å². The van der Waals surface area contributed by atoms with Crippen LogP contribution in [-0.2, 0) is 22.7 Å². The number of anilines is 1. The molecule has 1 atom stereocenters. The van der Waals surface area contributed by atoms with Crippen molar-refractivity contribution in [1.82, 2.24) is 20.3 Å². The zero-order valence-corrected chi connectivity index (χ0v) is 21.4. The van der Waals surface area contributed by atoms with Crippen LogP contribution in [0.3, 0.4) is 0 Å². The number of rotatable bonds is 9. The number of para-hydroxylation sites is 1. The minimum absolute atomic E-state index is 0.116. The van der Waals surface area contributed by atoms with Gasteiger partial charge in [0.15, 0.2) is 6.04 Å². The second kappa shape index (κ2) is 10.8. The topological polar surface area (TPSA) is 116 Å². The highest BCUT2D eigenvalue weighted by Crippen LogP contribution is 2.37. The number of carbonyl (C=O) groups excluding carboxylic acids is 2. The first kappa shape index (κ1) is 25.1. The second-order valence-corrected chi connectivity index (χ2v) is 8.90. The Bertz CT molecular complexity index is 1580. The van der Waals surface area contributed by atoms with Crippen LogP contribution in [0.4, 0.5) is 5.69 Å². The summed E-state index contributed by atoms with van der Waals surface area (Å²) in [5.74, 6) is 0.788. The maximum atomic E-state index is 14.1. The monoisotopic (exact) mass is 533 g/mol. The van der Waals surface area contributed by atoms with Crippen LogP contribution < -0.4 is 15.0 Å². The first-order valence-electron chi connectivity index (χ1n) is 11.7. The summed E-state index contributed by atoms with van der Waals surface area (Å²) >= 11 is 6.35. The lowest BCUT2D eigenvalue weighted by Crippen LogP contribution is -2.45. The average Bonchev–Trinajstić information content (AvgIpc) is 3.68. The van der Waals surface area contributed by atoms with E-state index in [9.17, 15) is 9.59 Å². The summed E-state index contributed by atoms with van der Waals surface area (Å²) in [6.45, 7) is 1.66. The Hall–Kier alpha value is -4.57. The number of nitrogens with one attached hydrogen (secondary N) is 1. The van der Waals surface area contributed by atoms with Crippen molar-refractivity contribution >= 4 is 40.1 Å². The van der Waals surface area contributed by atoms with Crippen LogP contribution in [0.5, 0.6) is 5.75 Å². The Morgan fingerprint density at radius 2 is 1.97 bits per heavy atom. The normalized spacial score (nSPS) is 11.9. The number of methoxy groups -OCH3 is 1. The molecule has 2 amide bonds. The number of ether oxygens (including phenoxy) is 1. The Morgan fingerprint density at radius 1 is 1.13 bits per heavy atom. The minimum Gasteiger partial charge on any atom is -0.495 e. The molecule has 0 saturated heterocycles. The number of aromatic nitrogens is 3. The van der Waals surface area contributed by atoms with Gasteiger partial charge in [0, 0.05) is 5.02 Å². The number of halogens is 1. The van der Waals surface area contributed by atoms with E-state index >= 15 is 0 Å². The summed E-state index contributed by atoms with van der Waals surface area (Å²) in [6.07, 6.45) is 1.52. The first-order valence-corrected chi connectivity index (χ1v) is 12.1. The molecule has 38 heavy (non-hydrogen) atoms. The number of hydrogen-bond donors (Lipinski definition) is 1. The molecule has 0 aliphatic rings. The lowest BCUT2D eigenvalue weighted by atomic mass is 10.1. The number of carbonyl (C=O) groups is 2. The third-order valence-electron chi connectivity index (χ3n) is 5.93. The van der Waals surface area contributed by atoms with Gasteiger partial charge in [0.1, 0.15) is 35.1 Å². The van der Waals surface area contributed by atoms with Crippen LogP contribution in [0.1, 0.15) is 23.3 Å². The number of furan rings is 2. The van der Waals surface area contributed by atoms with Gasteiger partial charge in [-0.1, -0.05) is 28.9 Å². The Morgan fingerprint density at radius 3 is 2.71 bits per heavy atom. The SMILES string of the molecule is COc1ccc(Cl)cc1N(C(=O)Cn1nnc2ccccc21)[C@@H](C(=O)NCc1ccco1)c1ccc(C)o1. The summed E-state index contributed by atoms with van der Waals surface area (Å²) in [6, 6.07) is 17.8. The second-order valence-electron chi connectivity index (χ2n) is 8.46. The number of hydrogen-bond acceptors (Lipinski definition) is 7. The van der Waals surface area contributed by atoms with Crippen molar-refractivity contribution in [3.8, 4) is 5.75 Å². The Kier molecular flexibility index (Phi) is 7.14. The van der Waals surface area contributed by atoms with Crippen molar-refractivity contribution in [3.63, 3.8) is 0 Å². The number of nitrogens with zero attached hydrogens (tertiary/aromatic N) is 4. The van der Waals surface area contributed by atoms with Crippen molar-refractivity contribution in [2.24, 2.45) is 0 Å². The molecule has 5 aromatic rings. The number of amides is 2. The number of benzene rings is 2. The molecule has 0 saturated carbocycles. The van der Waals surface area contributed by atoms with E-state index in [-0.39, 0.29) is 18.8 Å². The molecule has 2 aromatic carbocycles. The molecule has 11 heteroatoms. The van der Waals surface area contributed by atoms with E-state index in [0.29, 0.717) is 39.0 Å². The molecule has 194 valence electrons. The van der Waals surface area contributed by atoms with E-state index in [2.05, 4.69) is 15.6 Å². The van der Waals surface area contributed by atoms with Crippen molar-refractivity contribution in [2.45, 2.75) is 26.1 Å². The van der Waals surface area contributed by atoms with E-state index < -0.39 is 17.9 Å². The number of fused-ring (bicyclic) bond motifs is 1. The zero-order chi connectivity index (χ0) is 26.6. The Balaban J connectivity index is 1.59. The van der Waals surface area contributed by atoms with Crippen LogP contribution in [0.25, 0.3) is 11.0 Å². The van der Waals surface area contributed by atoms with Gasteiger partial charge in [-0.05, 0) is 61.5 Å². The standard InChI is InChI=1S/C27H24ClN5O5/c1-17-9-11-24(38-17)26(27(35)29-15-19-6-5-13-37-19)33(22-14-18(28)10-12-23(22)36-2)25(34)16-32-21-8-4-3-7-20(21)30-31-32/h3-14,26H,15-16H2,1-2H3,(H,29,35)/t26-/m1/s1. The third-order valence-corrected chi connectivity index (χ3v) is 6.16. The zero-order valence-electron chi connectivity index (χ0n) is 20.6. The lowest BCUT2D eigenvalue weighted by molar-refractivity contribution is -0.127. The van der Waals surface area contributed by atoms with Crippen molar-refractivity contribution in [2.75, 3.05) is 12.0 Å². The molecule has 0 spiro atoms.